The number of aliphatic hydroxyl groups excluding tert-OH is 2. The van der Waals surface area contributed by atoms with Crippen LogP contribution in [-0.4, -0.2) is 33.3 Å². The van der Waals surface area contributed by atoms with E-state index in [0.29, 0.717) is 17.5 Å². The van der Waals surface area contributed by atoms with Gasteiger partial charge in [0.25, 0.3) is 0 Å². The summed E-state index contributed by atoms with van der Waals surface area (Å²) in [6.45, 7) is 0. The third-order valence-electron chi connectivity index (χ3n) is 2.47. The predicted molar refractivity (Wildman–Crippen MR) is 69.4 cm³/mol. The second-order valence-corrected chi connectivity index (χ2v) is 4.21. The van der Waals surface area contributed by atoms with Gasteiger partial charge in [0.15, 0.2) is 0 Å². The third-order valence-corrected chi connectivity index (χ3v) is 2.68. The molecule has 0 heterocycles. The number of halogens is 1. The number of alkyl halides is 1. The van der Waals surface area contributed by atoms with Gasteiger partial charge in [0.05, 0.1) is 6.10 Å². The molecular weight excluding hydrogens is 256 g/mol. The number of hydrogen-bond acceptors (Lipinski definition) is 3. The number of carboxylic acids is 1. The van der Waals surface area contributed by atoms with Gasteiger partial charge in [-0.3, -0.25) is 0 Å². The Morgan fingerprint density at radius 2 is 1.89 bits per heavy atom. The van der Waals surface area contributed by atoms with Crippen molar-refractivity contribution in [2.75, 3.05) is 5.88 Å². The molecule has 0 aliphatic heterocycles. The molecule has 1 aromatic rings. The number of rotatable bonds is 6. The minimum Gasteiger partial charge on any atom is -0.478 e. The van der Waals surface area contributed by atoms with Gasteiger partial charge in [-0.2, -0.15) is 0 Å². The highest BCUT2D eigenvalue weighted by Crippen LogP contribution is 2.20. The van der Waals surface area contributed by atoms with E-state index in [4.69, 9.17) is 16.7 Å². The van der Waals surface area contributed by atoms with Gasteiger partial charge in [-0.05, 0) is 23.6 Å². The van der Waals surface area contributed by atoms with Crippen LogP contribution in [0.15, 0.2) is 30.3 Å². The summed E-state index contributed by atoms with van der Waals surface area (Å²) < 4.78 is 0. The Kier molecular flexibility index (Phi) is 5.85. The highest BCUT2D eigenvalue weighted by molar-refractivity contribution is 6.17. The van der Waals surface area contributed by atoms with Gasteiger partial charge >= 0.3 is 5.97 Å². The summed E-state index contributed by atoms with van der Waals surface area (Å²) in [5.74, 6) is -0.742. The molecule has 0 aliphatic carbocycles. The van der Waals surface area contributed by atoms with E-state index >= 15 is 0 Å². The molecule has 0 saturated carbocycles. The van der Waals surface area contributed by atoms with E-state index < -0.39 is 18.2 Å². The quantitative estimate of drug-likeness (QED) is 0.544. The lowest BCUT2D eigenvalue weighted by molar-refractivity contribution is -0.131. The van der Waals surface area contributed by atoms with Crippen molar-refractivity contribution in [1.82, 2.24) is 0 Å². The lowest BCUT2D eigenvalue weighted by Crippen LogP contribution is -2.18. The van der Waals surface area contributed by atoms with Crippen molar-refractivity contribution in [2.45, 2.75) is 18.6 Å². The largest absolute Gasteiger partial charge is 0.478 e. The van der Waals surface area contributed by atoms with Crippen molar-refractivity contribution >= 4 is 23.6 Å². The Labute approximate surface area is 110 Å². The van der Waals surface area contributed by atoms with E-state index in [1.54, 1.807) is 24.3 Å². The van der Waals surface area contributed by atoms with Crippen LogP contribution >= 0.6 is 11.6 Å². The fourth-order valence-electron chi connectivity index (χ4n) is 1.46. The molecule has 0 radical (unpaired) electrons. The zero-order valence-electron chi connectivity index (χ0n) is 9.66. The maximum absolute atomic E-state index is 10.3. The molecule has 0 aliphatic rings. The van der Waals surface area contributed by atoms with Crippen LogP contribution in [0.5, 0.6) is 0 Å². The van der Waals surface area contributed by atoms with E-state index in [0.717, 1.165) is 6.08 Å². The first-order valence-electron chi connectivity index (χ1n) is 5.47. The molecule has 0 spiro atoms. The molecule has 98 valence electrons. The average Bonchev–Trinajstić information content (AvgIpc) is 2.36. The van der Waals surface area contributed by atoms with Crippen molar-refractivity contribution in [1.29, 1.82) is 0 Å². The molecule has 0 fully saturated rings. The third kappa shape index (κ3) is 4.49. The van der Waals surface area contributed by atoms with Crippen LogP contribution in [0.3, 0.4) is 0 Å². The molecule has 0 saturated heterocycles. The first-order chi connectivity index (χ1) is 8.54. The summed E-state index contributed by atoms with van der Waals surface area (Å²) in [6, 6.07) is 6.63. The monoisotopic (exact) mass is 270 g/mol. The van der Waals surface area contributed by atoms with E-state index in [-0.39, 0.29) is 5.88 Å². The zero-order valence-corrected chi connectivity index (χ0v) is 10.4. The number of aliphatic hydroxyl groups is 2. The first kappa shape index (κ1) is 14.7. The zero-order chi connectivity index (χ0) is 13.5. The molecular formula is C13H15ClO4. The van der Waals surface area contributed by atoms with Crippen LogP contribution < -0.4 is 0 Å². The Hall–Kier alpha value is -1.36. The summed E-state index contributed by atoms with van der Waals surface area (Å²) >= 11 is 5.49. The van der Waals surface area contributed by atoms with Crippen molar-refractivity contribution in [3.63, 3.8) is 0 Å². The maximum Gasteiger partial charge on any atom is 0.328 e. The maximum atomic E-state index is 10.3. The van der Waals surface area contributed by atoms with E-state index in [9.17, 15) is 15.0 Å². The fourth-order valence-corrected chi connectivity index (χ4v) is 1.69. The number of carbonyl (C=O) groups is 1. The average molecular weight is 271 g/mol. The Balaban J connectivity index is 2.73. The lowest BCUT2D eigenvalue weighted by atomic mass is 10.0. The Morgan fingerprint density at radius 1 is 1.28 bits per heavy atom. The first-order valence-corrected chi connectivity index (χ1v) is 6.01. The van der Waals surface area contributed by atoms with Gasteiger partial charge in [0.1, 0.15) is 6.10 Å². The second-order valence-electron chi connectivity index (χ2n) is 3.83. The normalized spacial score (nSPS) is 14.6. The van der Waals surface area contributed by atoms with Crippen molar-refractivity contribution in [3.8, 4) is 0 Å². The number of aliphatic carboxylic acids is 1. The summed E-state index contributed by atoms with van der Waals surface area (Å²) in [5, 5.41) is 27.9. The molecule has 0 amide bonds. The van der Waals surface area contributed by atoms with Gasteiger partial charge < -0.3 is 15.3 Å². The van der Waals surface area contributed by atoms with Crippen LogP contribution in [-0.2, 0) is 4.79 Å². The minimum absolute atomic E-state index is 0.275. The predicted octanol–water partition coefficient (Wildman–Crippen LogP) is 1.81. The van der Waals surface area contributed by atoms with Crippen LogP contribution in [0, 0.1) is 0 Å². The van der Waals surface area contributed by atoms with E-state index in [1.165, 1.54) is 6.08 Å². The van der Waals surface area contributed by atoms with Gasteiger partial charge in [-0.1, -0.05) is 24.3 Å². The molecule has 2 atom stereocenters. The molecule has 0 bridgehead atoms. The van der Waals surface area contributed by atoms with Crippen LogP contribution in [0.25, 0.3) is 6.08 Å². The number of benzene rings is 1. The van der Waals surface area contributed by atoms with Crippen molar-refractivity contribution < 1.29 is 20.1 Å². The molecule has 4 nitrogen and oxygen atoms in total. The molecule has 18 heavy (non-hydrogen) atoms. The van der Waals surface area contributed by atoms with Gasteiger partial charge in [-0.25, -0.2) is 4.79 Å². The van der Waals surface area contributed by atoms with Crippen molar-refractivity contribution in [2.24, 2.45) is 0 Å². The second kappa shape index (κ2) is 7.16. The Morgan fingerprint density at radius 3 is 2.39 bits per heavy atom. The van der Waals surface area contributed by atoms with Gasteiger partial charge in [-0.15, -0.1) is 11.6 Å². The molecule has 1 rings (SSSR count). The van der Waals surface area contributed by atoms with Gasteiger partial charge in [0.2, 0.25) is 0 Å². The summed E-state index contributed by atoms with van der Waals surface area (Å²) in [4.78, 5) is 10.3. The highest BCUT2D eigenvalue weighted by atomic mass is 35.5. The SMILES string of the molecule is O=C(O)/C=C/c1ccc(C(O)C(O)CCCl)cc1. The standard InChI is InChI=1S/C13H15ClO4/c14-8-7-11(15)13(18)10-4-1-9(2-5-10)3-6-12(16)17/h1-6,11,13,15,18H,7-8H2,(H,16,17)/b6-3+. The van der Waals surface area contributed by atoms with Crippen LogP contribution in [0.2, 0.25) is 0 Å². The van der Waals surface area contributed by atoms with E-state index in [1.807, 2.05) is 0 Å². The number of hydrogen-bond donors (Lipinski definition) is 3. The summed E-state index contributed by atoms with van der Waals surface area (Å²) in [7, 11) is 0. The summed E-state index contributed by atoms with van der Waals surface area (Å²) in [5.41, 5.74) is 1.28. The minimum atomic E-state index is -1.02. The fraction of sp³-hybridized carbons (Fsp3) is 0.308. The molecule has 1 aromatic carbocycles. The topological polar surface area (TPSA) is 77.8 Å². The molecule has 2 unspecified atom stereocenters. The van der Waals surface area contributed by atoms with Crippen LogP contribution in [0.1, 0.15) is 23.7 Å². The number of carboxylic acid groups (broad SMARTS) is 1. The van der Waals surface area contributed by atoms with Gasteiger partial charge in [0, 0.05) is 12.0 Å². The van der Waals surface area contributed by atoms with E-state index in [2.05, 4.69) is 0 Å². The van der Waals surface area contributed by atoms with Crippen molar-refractivity contribution in [3.05, 3.63) is 41.5 Å². The highest BCUT2D eigenvalue weighted by Gasteiger charge is 2.17. The lowest BCUT2D eigenvalue weighted by Gasteiger charge is -2.17. The molecule has 0 aromatic heterocycles. The van der Waals surface area contributed by atoms with Crippen LogP contribution in [0.4, 0.5) is 0 Å². The molecule has 3 N–H and O–H groups in total. The Bertz CT molecular complexity index is 414. The molecule has 5 heteroatoms. The smallest absolute Gasteiger partial charge is 0.328 e. The summed E-state index contributed by atoms with van der Waals surface area (Å²) in [6.07, 6.45) is 0.911.